The molecule has 210 valence electrons. The van der Waals surface area contributed by atoms with E-state index in [1.54, 1.807) is 26.8 Å². The third-order valence-corrected chi connectivity index (χ3v) is 10.1. The average molecular weight is 533 g/mol. The van der Waals surface area contributed by atoms with E-state index >= 15 is 4.39 Å². The van der Waals surface area contributed by atoms with Gasteiger partial charge < -0.3 is 19.3 Å². The van der Waals surface area contributed by atoms with Crippen molar-refractivity contribution in [2.45, 2.75) is 110 Å². The number of aliphatic hydroxyl groups is 1. The Labute approximate surface area is 224 Å². The number of alkyl halides is 1. The Morgan fingerprint density at radius 1 is 1.18 bits per heavy atom. The first-order valence-corrected chi connectivity index (χ1v) is 13.8. The molecule has 0 aromatic carbocycles. The molecule has 8 atom stereocenters. The Morgan fingerprint density at radius 2 is 1.87 bits per heavy atom. The fraction of sp³-hybridized carbons (Fsp3) is 0.767. The minimum absolute atomic E-state index is 0.0209. The van der Waals surface area contributed by atoms with Crippen molar-refractivity contribution in [1.29, 1.82) is 0 Å². The third kappa shape index (κ3) is 3.66. The summed E-state index contributed by atoms with van der Waals surface area (Å²) in [5, 5.41) is 11.6. The molecule has 5 rings (SSSR count). The third-order valence-electron chi connectivity index (χ3n) is 10.1. The molecule has 1 heterocycles. The van der Waals surface area contributed by atoms with Crippen LogP contribution < -0.4 is 0 Å². The van der Waals surface area contributed by atoms with Gasteiger partial charge in [-0.1, -0.05) is 39.3 Å². The van der Waals surface area contributed by atoms with E-state index in [2.05, 4.69) is 0 Å². The van der Waals surface area contributed by atoms with Gasteiger partial charge in [-0.05, 0) is 69.9 Å². The number of ketones is 2. The van der Waals surface area contributed by atoms with Crippen LogP contribution in [-0.4, -0.2) is 58.5 Å². The Morgan fingerprint density at radius 3 is 2.53 bits per heavy atom. The fourth-order valence-corrected chi connectivity index (χ4v) is 8.55. The molecule has 1 N–H and O–H groups in total. The van der Waals surface area contributed by atoms with Crippen molar-refractivity contribution >= 4 is 17.5 Å². The van der Waals surface area contributed by atoms with Gasteiger partial charge in [0.05, 0.1) is 18.6 Å². The highest BCUT2D eigenvalue weighted by molar-refractivity contribution is 6.01. The van der Waals surface area contributed by atoms with Crippen LogP contribution in [-0.2, 0) is 28.6 Å². The van der Waals surface area contributed by atoms with Gasteiger partial charge in [0.25, 0.3) is 0 Å². The number of aliphatic hydroxyl groups excluding tert-OH is 1. The molecule has 0 radical (unpaired) electrons. The maximum absolute atomic E-state index is 17.4. The van der Waals surface area contributed by atoms with Crippen LogP contribution >= 0.6 is 0 Å². The van der Waals surface area contributed by atoms with Crippen LogP contribution in [0.25, 0.3) is 0 Å². The van der Waals surface area contributed by atoms with E-state index in [0.717, 1.165) is 0 Å². The normalized spacial score (nSPS) is 45.0. The Kier molecular flexibility index (Phi) is 6.05. The molecule has 1 unspecified atom stereocenters. The highest BCUT2D eigenvalue weighted by Crippen LogP contribution is 2.72. The first kappa shape index (κ1) is 27.7. The van der Waals surface area contributed by atoms with Gasteiger partial charge in [0, 0.05) is 16.7 Å². The largest absolute Gasteiger partial charge is 0.458 e. The summed E-state index contributed by atoms with van der Waals surface area (Å²) in [6, 6.07) is 0. The number of halogens is 1. The van der Waals surface area contributed by atoms with Gasteiger partial charge in [0.2, 0.25) is 5.78 Å². The zero-order valence-electron chi connectivity index (χ0n) is 23.6. The zero-order valence-corrected chi connectivity index (χ0v) is 23.6. The summed E-state index contributed by atoms with van der Waals surface area (Å²) >= 11 is 0. The number of rotatable bonds is 4. The van der Waals surface area contributed by atoms with E-state index < -0.39 is 64.4 Å². The molecule has 4 fully saturated rings. The van der Waals surface area contributed by atoms with E-state index in [9.17, 15) is 19.5 Å². The number of allylic oxidation sites excluding steroid dienone is 4. The maximum Gasteiger partial charge on any atom is 0.306 e. The van der Waals surface area contributed by atoms with Gasteiger partial charge in [0.1, 0.15) is 0 Å². The number of hydrogen-bond acceptors (Lipinski definition) is 7. The standard InChI is InChI=1S/C30H41FO7/c1-25(2,3)15-24(35)36-16-22(34)30-23(37-26(4,5)38-30)13-20-19-9-8-17-12-18(32)10-11-27(17,6)29(19,31)21(33)14-28(20,30)7/h10-12,19-21,23,33H,8-9,13-16H2,1-7H3/t19-,20-,21-,23-,27-,28-,29?,30+/m0/s1. The summed E-state index contributed by atoms with van der Waals surface area (Å²) in [5.74, 6) is -3.02. The van der Waals surface area contributed by atoms with E-state index in [4.69, 9.17) is 14.2 Å². The molecular weight excluding hydrogens is 491 g/mol. The Balaban J connectivity index is 1.51. The first-order chi connectivity index (χ1) is 17.4. The summed E-state index contributed by atoms with van der Waals surface area (Å²) in [4.78, 5) is 38.6. The van der Waals surface area contributed by atoms with Crippen molar-refractivity contribution < 1.29 is 38.1 Å². The lowest BCUT2D eigenvalue weighted by atomic mass is 9.44. The van der Waals surface area contributed by atoms with Crippen LogP contribution in [0.15, 0.2) is 23.8 Å². The lowest BCUT2D eigenvalue weighted by Crippen LogP contribution is -2.70. The van der Waals surface area contributed by atoms with Crippen molar-refractivity contribution in [1.82, 2.24) is 0 Å². The number of esters is 1. The molecule has 5 aliphatic rings. The van der Waals surface area contributed by atoms with Crippen molar-refractivity contribution in [2.75, 3.05) is 6.61 Å². The lowest BCUT2D eigenvalue weighted by Gasteiger charge is -2.62. The minimum Gasteiger partial charge on any atom is -0.458 e. The van der Waals surface area contributed by atoms with E-state index in [-0.39, 0.29) is 30.0 Å². The monoisotopic (exact) mass is 532 g/mol. The van der Waals surface area contributed by atoms with Crippen LogP contribution in [0.2, 0.25) is 0 Å². The molecule has 0 bridgehead atoms. The highest BCUT2D eigenvalue weighted by atomic mass is 19.1. The van der Waals surface area contributed by atoms with Crippen molar-refractivity contribution in [3.05, 3.63) is 23.8 Å². The Hall–Kier alpha value is -1.90. The van der Waals surface area contributed by atoms with Crippen LogP contribution in [0.4, 0.5) is 4.39 Å². The molecule has 4 aliphatic carbocycles. The number of hydrogen-bond donors (Lipinski definition) is 1. The number of carbonyl (C=O) groups is 3. The molecule has 0 aromatic rings. The minimum atomic E-state index is -2.02. The average Bonchev–Trinajstić information content (AvgIpc) is 3.18. The molecule has 0 aromatic heterocycles. The summed E-state index contributed by atoms with van der Waals surface area (Å²) in [6.45, 7) is 12.4. The van der Waals surface area contributed by atoms with Crippen molar-refractivity contribution in [3.63, 3.8) is 0 Å². The number of carbonyl (C=O) groups excluding carboxylic acids is 3. The molecule has 8 heteroatoms. The smallest absolute Gasteiger partial charge is 0.306 e. The number of fused-ring (bicyclic) bond motifs is 7. The van der Waals surface area contributed by atoms with Gasteiger partial charge in [0.15, 0.2) is 29.4 Å². The van der Waals surface area contributed by atoms with Gasteiger partial charge >= 0.3 is 5.97 Å². The molecule has 38 heavy (non-hydrogen) atoms. The molecule has 7 nitrogen and oxygen atoms in total. The molecule has 3 saturated carbocycles. The van der Waals surface area contributed by atoms with Gasteiger partial charge in [-0.3, -0.25) is 14.4 Å². The Bertz CT molecular complexity index is 1130. The number of ether oxygens (including phenoxy) is 3. The van der Waals surface area contributed by atoms with E-state index in [1.165, 1.54) is 12.2 Å². The molecular formula is C30H41FO7. The highest BCUT2D eigenvalue weighted by Gasteiger charge is 2.80. The van der Waals surface area contributed by atoms with E-state index in [0.29, 0.717) is 24.8 Å². The fourth-order valence-electron chi connectivity index (χ4n) is 8.55. The summed E-state index contributed by atoms with van der Waals surface area (Å²) in [5.41, 5.74) is -5.17. The molecule has 0 spiro atoms. The zero-order chi connectivity index (χ0) is 28.1. The summed E-state index contributed by atoms with van der Waals surface area (Å²) < 4.78 is 35.6. The first-order valence-electron chi connectivity index (χ1n) is 13.8. The second-order valence-electron chi connectivity index (χ2n) is 14.2. The van der Waals surface area contributed by atoms with Gasteiger partial charge in [-0.2, -0.15) is 0 Å². The molecule has 1 saturated heterocycles. The summed E-state index contributed by atoms with van der Waals surface area (Å²) in [6.07, 6.45) is 3.96. The quantitative estimate of drug-likeness (QED) is 0.536. The summed E-state index contributed by atoms with van der Waals surface area (Å²) in [7, 11) is 0. The van der Waals surface area contributed by atoms with Gasteiger partial charge in [-0.25, -0.2) is 4.39 Å². The van der Waals surface area contributed by atoms with Crippen molar-refractivity contribution in [3.8, 4) is 0 Å². The number of Topliss-reactive ketones (excluding diaryl/α,β-unsaturated/α-hetero) is 1. The van der Waals surface area contributed by atoms with Crippen LogP contribution in [0.5, 0.6) is 0 Å². The maximum atomic E-state index is 17.4. The van der Waals surface area contributed by atoms with Crippen LogP contribution in [0, 0.1) is 28.1 Å². The van der Waals surface area contributed by atoms with Crippen LogP contribution in [0.3, 0.4) is 0 Å². The van der Waals surface area contributed by atoms with Gasteiger partial charge in [-0.15, -0.1) is 0 Å². The predicted molar refractivity (Wildman–Crippen MR) is 137 cm³/mol. The van der Waals surface area contributed by atoms with Crippen molar-refractivity contribution in [2.24, 2.45) is 28.1 Å². The lowest BCUT2D eigenvalue weighted by molar-refractivity contribution is -0.246. The topological polar surface area (TPSA) is 99.1 Å². The SMILES string of the molecule is CC(C)(C)CC(=O)OCC(=O)[C@@]12OC(C)(C)O[C@H]1C[C@H]1[C@@H]3CCC4=CC(=O)C=C[C@]4(C)C3(F)[C@@H](O)C[C@@]12C. The van der Waals surface area contributed by atoms with E-state index in [1.807, 2.05) is 27.7 Å². The van der Waals surface area contributed by atoms with Crippen LogP contribution in [0.1, 0.15) is 80.6 Å². The second kappa shape index (κ2) is 8.31. The molecule has 1 aliphatic heterocycles. The molecule has 0 amide bonds. The second-order valence-corrected chi connectivity index (χ2v) is 14.2. The predicted octanol–water partition coefficient (Wildman–Crippen LogP) is 4.41.